The molecule has 0 radical (unpaired) electrons. The highest BCUT2D eigenvalue weighted by Crippen LogP contribution is 2.37. The van der Waals surface area contributed by atoms with Gasteiger partial charge in [-0.1, -0.05) is 106 Å². The van der Waals surface area contributed by atoms with Crippen LogP contribution in [0.4, 0.5) is 0 Å². The Morgan fingerprint density at radius 1 is 0.795 bits per heavy atom. The highest BCUT2D eigenvalue weighted by molar-refractivity contribution is 5.91. The van der Waals surface area contributed by atoms with Gasteiger partial charge in [-0.2, -0.15) is 0 Å². The number of esters is 1. The average molecular weight is 589 g/mol. The van der Waals surface area contributed by atoms with E-state index in [-0.39, 0.29) is 18.5 Å². The molecule has 0 heterocycles. The van der Waals surface area contributed by atoms with Crippen molar-refractivity contribution in [1.29, 1.82) is 0 Å². The van der Waals surface area contributed by atoms with E-state index in [1.807, 2.05) is 0 Å². The van der Waals surface area contributed by atoms with Crippen molar-refractivity contribution in [2.24, 2.45) is 17.8 Å². The standard InChI is InChI=1S/C41H48O3/c1-4-5-30-8-14-33(15-9-30)36-20-22-39-27-37(21-23-38(39)26-36)34-16-10-31(11-17-34)6-7-32-12-18-35(19-13-32)40(24-25-42)28-44-41(43)29(2)3/h8-11,14-17,20-23,26-27,32,35,40,42H,2,4-7,12-13,18-19,24-25,28H2,1,3H3. The summed E-state index contributed by atoms with van der Waals surface area (Å²) in [5.74, 6) is 1.16. The number of aryl methyl sites for hydroxylation is 2. The summed E-state index contributed by atoms with van der Waals surface area (Å²) >= 11 is 0. The van der Waals surface area contributed by atoms with Crippen molar-refractivity contribution < 1.29 is 14.6 Å². The number of rotatable bonds is 13. The number of ether oxygens (including phenoxy) is 1. The highest BCUT2D eigenvalue weighted by atomic mass is 16.5. The molecule has 44 heavy (non-hydrogen) atoms. The van der Waals surface area contributed by atoms with Crippen LogP contribution in [0.25, 0.3) is 33.0 Å². The molecule has 230 valence electrons. The van der Waals surface area contributed by atoms with Crippen molar-refractivity contribution in [3.63, 3.8) is 0 Å². The first kappa shape index (κ1) is 31.7. The predicted molar refractivity (Wildman–Crippen MR) is 184 cm³/mol. The van der Waals surface area contributed by atoms with E-state index in [0.717, 1.165) is 31.6 Å². The number of hydrogen-bond acceptors (Lipinski definition) is 3. The van der Waals surface area contributed by atoms with Gasteiger partial charge in [0.05, 0.1) is 6.61 Å². The summed E-state index contributed by atoms with van der Waals surface area (Å²) in [5, 5.41) is 12.1. The number of aliphatic hydroxyl groups excluding tert-OH is 1. The molecule has 3 heteroatoms. The first-order valence-electron chi connectivity index (χ1n) is 16.6. The Morgan fingerprint density at radius 2 is 1.32 bits per heavy atom. The van der Waals surface area contributed by atoms with E-state index in [4.69, 9.17) is 4.74 Å². The third-order valence-corrected chi connectivity index (χ3v) is 9.63. The van der Waals surface area contributed by atoms with Crippen molar-refractivity contribution in [3.05, 3.63) is 108 Å². The molecule has 1 aliphatic rings. The van der Waals surface area contributed by atoms with E-state index < -0.39 is 0 Å². The molecule has 0 saturated heterocycles. The minimum Gasteiger partial charge on any atom is -0.462 e. The van der Waals surface area contributed by atoms with Gasteiger partial charge in [0.25, 0.3) is 0 Å². The van der Waals surface area contributed by atoms with Gasteiger partial charge in [0.1, 0.15) is 0 Å². The monoisotopic (exact) mass is 588 g/mol. The van der Waals surface area contributed by atoms with E-state index >= 15 is 0 Å². The van der Waals surface area contributed by atoms with E-state index in [1.54, 1.807) is 6.92 Å². The lowest BCUT2D eigenvalue weighted by molar-refractivity contribution is -0.141. The molecule has 4 aromatic carbocycles. The SMILES string of the molecule is C=C(C)C(=O)OCC(CCO)C1CCC(CCc2ccc(-c3ccc4cc(-c5ccc(CCC)cc5)ccc4c3)cc2)CC1. The maximum absolute atomic E-state index is 11.9. The molecule has 0 spiro atoms. The minimum absolute atomic E-state index is 0.138. The first-order valence-corrected chi connectivity index (χ1v) is 16.6. The molecule has 0 amide bonds. The van der Waals surface area contributed by atoms with Crippen LogP contribution in [-0.4, -0.2) is 24.3 Å². The molecule has 0 aliphatic heterocycles. The third kappa shape index (κ3) is 8.27. The smallest absolute Gasteiger partial charge is 0.333 e. The summed E-state index contributed by atoms with van der Waals surface area (Å²) in [6.07, 6.45) is 10.0. The Bertz CT molecular complexity index is 1520. The summed E-state index contributed by atoms with van der Waals surface area (Å²) in [6.45, 7) is 8.10. The summed E-state index contributed by atoms with van der Waals surface area (Å²) in [6, 6.07) is 31.7. The molecule has 0 bridgehead atoms. The Kier molecular flexibility index (Phi) is 11.1. The van der Waals surface area contributed by atoms with Crippen LogP contribution in [-0.2, 0) is 22.4 Å². The summed E-state index contributed by atoms with van der Waals surface area (Å²) in [7, 11) is 0. The van der Waals surface area contributed by atoms with Gasteiger partial charge in [-0.15, -0.1) is 0 Å². The number of hydrogen-bond donors (Lipinski definition) is 1. The van der Waals surface area contributed by atoms with Crippen LogP contribution in [0.15, 0.2) is 97.1 Å². The molecule has 4 aromatic rings. The molecule has 1 unspecified atom stereocenters. The second-order valence-electron chi connectivity index (χ2n) is 12.9. The van der Waals surface area contributed by atoms with Gasteiger partial charge in [-0.05, 0) is 119 Å². The van der Waals surface area contributed by atoms with Crippen LogP contribution < -0.4 is 0 Å². The minimum atomic E-state index is -0.327. The summed E-state index contributed by atoms with van der Waals surface area (Å²) in [5.41, 5.74) is 8.28. The molecule has 1 N–H and O–H groups in total. The molecule has 1 aliphatic carbocycles. The lowest BCUT2D eigenvalue weighted by Crippen LogP contribution is -2.27. The fourth-order valence-corrected chi connectivity index (χ4v) is 6.87. The van der Waals surface area contributed by atoms with Crippen molar-refractivity contribution in [3.8, 4) is 22.3 Å². The van der Waals surface area contributed by atoms with Gasteiger partial charge in [-0.3, -0.25) is 0 Å². The zero-order valence-corrected chi connectivity index (χ0v) is 26.6. The van der Waals surface area contributed by atoms with Crippen LogP contribution >= 0.6 is 0 Å². The zero-order chi connectivity index (χ0) is 30.9. The molecular weight excluding hydrogens is 540 g/mol. The fraction of sp³-hybridized carbons (Fsp3) is 0.390. The van der Waals surface area contributed by atoms with Crippen molar-refractivity contribution in [2.45, 2.75) is 71.6 Å². The highest BCUT2D eigenvalue weighted by Gasteiger charge is 2.28. The van der Waals surface area contributed by atoms with Gasteiger partial charge in [0.2, 0.25) is 0 Å². The summed E-state index contributed by atoms with van der Waals surface area (Å²) < 4.78 is 5.45. The number of aliphatic hydroxyl groups is 1. The van der Waals surface area contributed by atoms with Gasteiger partial charge < -0.3 is 9.84 Å². The van der Waals surface area contributed by atoms with Crippen molar-refractivity contribution in [2.75, 3.05) is 13.2 Å². The molecule has 0 aromatic heterocycles. The lowest BCUT2D eigenvalue weighted by atomic mass is 9.73. The second-order valence-corrected chi connectivity index (χ2v) is 12.9. The molecule has 3 nitrogen and oxygen atoms in total. The maximum atomic E-state index is 11.9. The first-order chi connectivity index (χ1) is 21.4. The van der Waals surface area contributed by atoms with Gasteiger partial charge in [-0.25, -0.2) is 4.79 Å². The third-order valence-electron chi connectivity index (χ3n) is 9.63. The Morgan fingerprint density at radius 3 is 1.82 bits per heavy atom. The number of fused-ring (bicyclic) bond motifs is 1. The zero-order valence-electron chi connectivity index (χ0n) is 26.6. The average Bonchev–Trinajstić information content (AvgIpc) is 3.06. The Hall–Kier alpha value is -3.69. The van der Waals surface area contributed by atoms with E-state index in [2.05, 4.69) is 98.4 Å². The predicted octanol–water partition coefficient (Wildman–Crippen LogP) is 9.98. The van der Waals surface area contributed by atoms with Gasteiger partial charge in [0, 0.05) is 12.2 Å². The van der Waals surface area contributed by atoms with E-state index in [1.165, 1.54) is 69.8 Å². The topological polar surface area (TPSA) is 46.5 Å². The molecular formula is C41H48O3. The van der Waals surface area contributed by atoms with E-state index in [0.29, 0.717) is 24.5 Å². The number of carbonyl (C=O) groups is 1. The fourth-order valence-electron chi connectivity index (χ4n) is 6.87. The molecule has 1 saturated carbocycles. The number of carbonyl (C=O) groups excluding carboxylic acids is 1. The lowest BCUT2D eigenvalue weighted by Gasteiger charge is -2.33. The number of benzene rings is 4. The largest absolute Gasteiger partial charge is 0.462 e. The van der Waals surface area contributed by atoms with Crippen LogP contribution in [0.1, 0.15) is 69.9 Å². The van der Waals surface area contributed by atoms with Crippen LogP contribution in [0.3, 0.4) is 0 Å². The van der Waals surface area contributed by atoms with Crippen LogP contribution in [0.2, 0.25) is 0 Å². The van der Waals surface area contributed by atoms with Gasteiger partial charge in [0.15, 0.2) is 0 Å². The van der Waals surface area contributed by atoms with Crippen molar-refractivity contribution in [1.82, 2.24) is 0 Å². The molecule has 5 rings (SSSR count). The van der Waals surface area contributed by atoms with E-state index in [9.17, 15) is 9.90 Å². The van der Waals surface area contributed by atoms with Crippen molar-refractivity contribution >= 4 is 16.7 Å². The van der Waals surface area contributed by atoms with Crippen LogP contribution in [0.5, 0.6) is 0 Å². The Balaban J connectivity index is 1.13. The normalized spacial score (nSPS) is 17.3. The quantitative estimate of drug-likeness (QED) is 0.125. The molecule has 1 atom stereocenters. The van der Waals surface area contributed by atoms with Crippen LogP contribution in [0, 0.1) is 17.8 Å². The van der Waals surface area contributed by atoms with Gasteiger partial charge >= 0.3 is 5.97 Å². The maximum Gasteiger partial charge on any atom is 0.333 e. The summed E-state index contributed by atoms with van der Waals surface area (Å²) in [4.78, 5) is 11.9. The Labute approximate surface area is 264 Å². The molecule has 1 fully saturated rings. The second kappa shape index (κ2) is 15.3.